The Bertz CT molecular complexity index is 1300. The fourth-order valence-electron chi connectivity index (χ4n) is 3.12. The SMILES string of the molecule is Cc1ccc(NC(=O)c2ccc3nc(NC(=O)Nc4ncccc4C)sc3c2)c(C)c1. The highest BCUT2D eigenvalue weighted by Crippen LogP contribution is 2.27. The molecule has 31 heavy (non-hydrogen) atoms. The fraction of sp³-hybridized carbons (Fsp3) is 0.130. The van der Waals surface area contributed by atoms with Gasteiger partial charge in [-0.1, -0.05) is 35.1 Å². The number of benzene rings is 2. The van der Waals surface area contributed by atoms with Gasteiger partial charge >= 0.3 is 6.03 Å². The molecule has 2 heterocycles. The van der Waals surface area contributed by atoms with Crippen LogP contribution in [0.25, 0.3) is 10.2 Å². The van der Waals surface area contributed by atoms with Gasteiger partial charge in [0, 0.05) is 17.4 Å². The van der Waals surface area contributed by atoms with Gasteiger partial charge in [0.1, 0.15) is 5.82 Å². The molecule has 0 saturated heterocycles. The third kappa shape index (κ3) is 4.70. The number of nitrogens with zero attached hydrogens (tertiary/aromatic N) is 2. The number of nitrogens with one attached hydrogen (secondary N) is 3. The summed E-state index contributed by atoms with van der Waals surface area (Å²) in [5.41, 5.74) is 5.02. The molecule has 0 aliphatic heterocycles. The number of carbonyl (C=O) groups excluding carboxylic acids is 2. The summed E-state index contributed by atoms with van der Waals surface area (Å²) in [6.45, 7) is 5.84. The van der Waals surface area contributed by atoms with Gasteiger partial charge in [0.05, 0.1) is 10.2 Å². The number of thiazole rings is 1. The molecule has 0 radical (unpaired) electrons. The number of hydrogen-bond acceptors (Lipinski definition) is 5. The average Bonchev–Trinajstić information content (AvgIpc) is 3.13. The van der Waals surface area contributed by atoms with Crippen molar-refractivity contribution in [1.29, 1.82) is 0 Å². The molecule has 7 nitrogen and oxygen atoms in total. The summed E-state index contributed by atoms with van der Waals surface area (Å²) in [5.74, 6) is 0.298. The van der Waals surface area contributed by atoms with E-state index in [4.69, 9.17) is 0 Å². The Balaban J connectivity index is 1.48. The van der Waals surface area contributed by atoms with Crippen LogP contribution in [0.2, 0.25) is 0 Å². The van der Waals surface area contributed by atoms with E-state index >= 15 is 0 Å². The lowest BCUT2D eigenvalue weighted by molar-refractivity contribution is 0.102. The van der Waals surface area contributed by atoms with E-state index in [-0.39, 0.29) is 5.91 Å². The molecule has 2 aromatic heterocycles. The maximum atomic E-state index is 12.7. The molecule has 0 atom stereocenters. The number of hydrogen-bond donors (Lipinski definition) is 3. The molecule has 4 rings (SSSR count). The van der Waals surface area contributed by atoms with Crippen LogP contribution in [-0.4, -0.2) is 21.9 Å². The average molecular weight is 432 g/mol. The van der Waals surface area contributed by atoms with Gasteiger partial charge in [0.15, 0.2) is 5.13 Å². The highest BCUT2D eigenvalue weighted by molar-refractivity contribution is 7.22. The Morgan fingerprint density at radius 3 is 2.52 bits per heavy atom. The second-order valence-corrected chi connectivity index (χ2v) is 8.25. The second-order valence-electron chi connectivity index (χ2n) is 7.22. The van der Waals surface area contributed by atoms with Gasteiger partial charge in [-0.05, 0) is 62.2 Å². The summed E-state index contributed by atoms with van der Waals surface area (Å²) in [4.78, 5) is 33.6. The minimum absolute atomic E-state index is 0.194. The molecular weight excluding hydrogens is 410 g/mol. The van der Waals surface area contributed by atoms with Crippen molar-refractivity contribution in [3.05, 3.63) is 77.0 Å². The molecule has 0 aliphatic carbocycles. The quantitative estimate of drug-likeness (QED) is 0.397. The summed E-state index contributed by atoms with van der Waals surface area (Å²) in [5, 5.41) is 8.82. The van der Waals surface area contributed by atoms with Crippen molar-refractivity contribution in [2.75, 3.05) is 16.0 Å². The van der Waals surface area contributed by atoms with E-state index in [0.29, 0.717) is 22.0 Å². The van der Waals surface area contributed by atoms with E-state index in [1.54, 1.807) is 30.5 Å². The molecule has 8 heteroatoms. The predicted molar refractivity (Wildman–Crippen MR) is 125 cm³/mol. The molecule has 4 aromatic rings. The molecular formula is C23H21N5O2S. The zero-order valence-corrected chi connectivity index (χ0v) is 18.1. The first-order chi connectivity index (χ1) is 14.9. The highest BCUT2D eigenvalue weighted by Gasteiger charge is 2.13. The Morgan fingerprint density at radius 2 is 1.74 bits per heavy atom. The van der Waals surface area contributed by atoms with Crippen LogP contribution in [0, 0.1) is 20.8 Å². The highest BCUT2D eigenvalue weighted by atomic mass is 32.1. The lowest BCUT2D eigenvalue weighted by atomic mass is 10.1. The van der Waals surface area contributed by atoms with E-state index in [1.165, 1.54) is 11.3 Å². The maximum absolute atomic E-state index is 12.7. The van der Waals surface area contributed by atoms with Crippen LogP contribution in [-0.2, 0) is 0 Å². The monoisotopic (exact) mass is 431 g/mol. The lowest BCUT2D eigenvalue weighted by Gasteiger charge is -2.09. The van der Waals surface area contributed by atoms with E-state index in [1.807, 2.05) is 45.0 Å². The Kier molecular flexibility index (Phi) is 5.64. The Hall–Kier alpha value is -3.78. The first-order valence-electron chi connectivity index (χ1n) is 9.68. The normalized spacial score (nSPS) is 10.7. The van der Waals surface area contributed by atoms with Crippen molar-refractivity contribution in [2.45, 2.75) is 20.8 Å². The van der Waals surface area contributed by atoms with Crippen molar-refractivity contribution in [3.63, 3.8) is 0 Å². The predicted octanol–water partition coefficient (Wildman–Crippen LogP) is 5.51. The van der Waals surface area contributed by atoms with Gasteiger partial charge in [-0.25, -0.2) is 14.8 Å². The molecule has 3 N–H and O–H groups in total. The molecule has 0 spiro atoms. The molecule has 0 unspecified atom stereocenters. The third-order valence-corrected chi connectivity index (χ3v) is 5.68. The lowest BCUT2D eigenvalue weighted by Crippen LogP contribution is -2.20. The molecule has 156 valence electrons. The molecule has 2 aromatic carbocycles. The first kappa shape index (κ1) is 20.5. The molecule has 0 aliphatic rings. The topological polar surface area (TPSA) is 96.0 Å². The summed E-state index contributed by atoms with van der Waals surface area (Å²) < 4.78 is 0.803. The van der Waals surface area contributed by atoms with Gasteiger partial charge in [-0.2, -0.15) is 0 Å². The van der Waals surface area contributed by atoms with Gasteiger partial charge in [0.2, 0.25) is 0 Å². The van der Waals surface area contributed by atoms with Crippen LogP contribution in [0.3, 0.4) is 0 Å². The number of pyridine rings is 1. The van der Waals surface area contributed by atoms with Crippen molar-refractivity contribution in [3.8, 4) is 0 Å². The molecule has 0 fully saturated rings. The van der Waals surface area contributed by atoms with Gasteiger partial charge < -0.3 is 5.32 Å². The first-order valence-corrected chi connectivity index (χ1v) is 10.5. The van der Waals surface area contributed by atoms with Crippen molar-refractivity contribution < 1.29 is 9.59 Å². The van der Waals surface area contributed by atoms with Crippen LogP contribution in [0.15, 0.2) is 54.7 Å². The molecule has 0 bridgehead atoms. The standard InChI is InChI=1S/C23H21N5O2S/c1-13-6-8-17(15(3)11-13)25-21(29)16-7-9-18-19(12-16)31-23(26-18)28-22(30)27-20-14(2)5-4-10-24-20/h4-12H,1-3H3,(H,25,29)(H2,24,26,27,28,30). The van der Waals surface area contributed by atoms with Crippen LogP contribution < -0.4 is 16.0 Å². The van der Waals surface area contributed by atoms with Crippen molar-refractivity contribution in [1.82, 2.24) is 9.97 Å². The van der Waals surface area contributed by atoms with Crippen molar-refractivity contribution in [2.24, 2.45) is 0 Å². The minimum Gasteiger partial charge on any atom is -0.322 e. The van der Waals surface area contributed by atoms with E-state index in [2.05, 4.69) is 25.9 Å². The number of aromatic nitrogens is 2. The van der Waals surface area contributed by atoms with Crippen LogP contribution in [0.1, 0.15) is 27.0 Å². The third-order valence-electron chi connectivity index (χ3n) is 4.74. The molecule has 0 saturated carbocycles. The molecule has 3 amide bonds. The number of fused-ring (bicyclic) bond motifs is 1. The smallest absolute Gasteiger partial charge is 0.322 e. The zero-order chi connectivity index (χ0) is 22.0. The van der Waals surface area contributed by atoms with Crippen molar-refractivity contribution >= 4 is 50.1 Å². The second kappa shape index (κ2) is 8.53. The van der Waals surface area contributed by atoms with E-state index in [0.717, 1.165) is 27.1 Å². The maximum Gasteiger partial charge on any atom is 0.326 e. The number of aryl methyl sites for hydroxylation is 3. The largest absolute Gasteiger partial charge is 0.326 e. The van der Waals surface area contributed by atoms with Crippen LogP contribution in [0.4, 0.5) is 21.4 Å². The fourth-order valence-corrected chi connectivity index (χ4v) is 4.02. The number of carbonyl (C=O) groups is 2. The van der Waals surface area contributed by atoms with Gasteiger partial charge in [-0.15, -0.1) is 0 Å². The number of amides is 3. The summed E-state index contributed by atoms with van der Waals surface area (Å²) in [6.07, 6.45) is 1.62. The van der Waals surface area contributed by atoms with Crippen LogP contribution in [0.5, 0.6) is 0 Å². The summed E-state index contributed by atoms with van der Waals surface area (Å²) in [7, 11) is 0. The summed E-state index contributed by atoms with van der Waals surface area (Å²) >= 11 is 1.30. The Morgan fingerprint density at radius 1 is 0.903 bits per heavy atom. The number of rotatable bonds is 4. The van der Waals surface area contributed by atoms with Crippen LogP contribution >= 0.6 is 11.3 Å². The van der Waals surface area contributed by atoms with Gasteiger partial charge in [-0.3, -0.25) is 15.4 Å². The zero-order valence-electron chi connectivity index (χ0n) is 17.3. The minimum atomic E-state index is -0.423. The number of anilines is 3. The summed E-state index contributed by atoms with van der Waals surface area (Å²) in [6, 6.07) is 14.4. The number of urea groups is 1. The van der Waals surface area contributed by atoms with Gasteiger partial charge in [0.25, 0.3) is 5.91 Å². The van der Waals surface area contributed by atoms with E-state index in [9.17, 15) is 9.59 Å². The van der Waals surface area contributed by atoms with E-state index < -0.39 is 6.03 Å². The Labute approximate surface area is 183 Å².